The Balaban J connectivity index is 2.95. The number of hydrogen-bond donors (Lipinski definition) is 2. The summed E-state index contributed by atoms with van der Waals surface area (Å²) in [6, 6.07) is 4.56. The summed E-state index contributed by atoms with van der Waals surface area (Å²) >= 11 is 5.80. The van der Waals surface area contributed by atoms with Crippen LogP contribution in [-0.4, -0.2) is 17.6 Å². The zero-order valence-electron chi connectivity index (χ0n) is 9.73. The highest BCUT2D eigenvalue weighted by atomic mass is 35.5. The molecule has 0 saturated carbocycles. The Morgan fingerprint density at radius 2 is 1.94 bits per heavy atom. The zero-order chi connectivity index (χ0) is 14.1. The Labute approximate surface area is 107 Å². The smallest absolute Gasteiger partial charge is 0.323 e. The summed E-state index contributed by atoms with van der Waals surface area (Å²) in [5.41, 5.74) is 2.93. The van der Waals surface area contributed by atoms with E-state index >= 15 is 0 Å². The van der Waals surface area contributed by atoms with Gasteiger partial charge in [0.25, 0.3) is 5.91 Å². The van der Waals surface area contributed by atoms with Crippen molar-refractivity contribution >= 4 is 23.2 Å². The SMILES string of the molecule is Cc1ccc(NC(=O)C(C)(N)C(F)(F)F)c(Cl)c1. The summed E-state index contributed by atoms with van der Waals surface area (Å²) in [6.45, 7) is 2.37. The molecule has 7 heteroatoms. The van der Waals surface area contributed by atoms with Crippen LogP contribution in [0.1, 0.15) is 12.5 Å². The average molecular weight is 281 g/mol. The lowest BCUT2D eigenvalue weighted by molar-refractivity contribution is -0.184. The maximum absolute atomic E-state index is 12.5. The fraction of sp³-hybridized carbons (Fsp3) is 0.364. The molecular formula is C11H12ClF3N2O. The molecule has 0 radical (unpaired) electrons. The number of nitrogens with one attached hydrogen (secondary N) is 1. The predicted octanol–water partition coefficient (Wildman–Crippen LogP) is 2.87. The van der Waals surface area contributed by atoms with Crippen LogP contribution in [0.5, 0.6) is 0 Å². The third kappa shape index (κ3) is 2.94. The number of aryl methyl sites for hydroxylation is 1. The minimum atomic E-state index is -4.84. The van der Waals surface area contributed by atoms with E-state index in [0.717, 1.165) is 5.56 Å². The number of carbonyl (C=O) groups is 1. The van der Waals surface area contributed by atoms with Crippen molar-refractivity contribution in [2.75, 3.05) is 5.32 Å². The van der Waals surface area contributed by atoms with E-state index in [4.69, 9.17) is 17.3 Å². The first-order valence-corrected chi connectivity index (χ1v) is 5.36. The van der Waals surface area contributed by atoms with Crippen LogP contribution in [0.25, 0.3) is 0 Å². The van der Waals surface area contributed by atoms with Crippen LogP contribution in [-0.2, 0) is 4.79 Å². The predicted molar refractivity (Wildman–Crippen MR) is 63.5 cm³/mol. The fourth-order valence-electron chi connectivity index (χ4n) is 1.10. The van der Waals surface area contributed by atoms with Gasteiger partial charge in [0.1, 0.15) is 0 Å². The standard InChI is InChI=1S/C11H12ClF3N2O/c1-6-3-4-8(7(12)5-6)17-9(18)10(2,16)11(13,14)15/h3-5H,16H2,1-2H3,(H,17,18). The molecule has 1 atom stereocenters. The quantitative estimate of drug-likeness (QED) is 0.875. The van der Waals surface area contributed by atoms with Crippen LogP contribution < -0.4 is 11.1 Å². The van der Waals surface area contributed by atoms with E-state index < -0.39 is 17.6 Å². The zero-order valence-corrected chi connectivity index (χ0v) is 10.5. The molecule has 0 aliphatic rings. The van der Waals surface area contributed by atoms with E-state index in [1.165, 1.54) is 12.1 Å². The van der Waals surface area contributed by atoms with Crippen LogP contribution in [0.3, 0.4) is 0 Å². The lowest BCUT2D eigenvalue weighted by Crippen LogP contribution is -2.59. The number of hydrogen-bond acceptors (Lipinski definition) is 2. The van der Waals surface area contributed by atoms with Gasteiger partial charge in [0.05, 0.1) is 10.7 Å². The van der Waals surface area contributed by atoms with Crippen molar-refractivity contribution in [3.8, 4) is 0 Å². The van der Waals surface area contributed by atoms with Gasteiger partial charge >= 0.3 is 6.18 Å². The Hall–Kier alpha value is -1.27. The summed E-state index contributed by atoms with van der Waals surface area (Å²) in [5, 5.41) is 2.22. The first-order chi connectivity index (χ1) is 8.05. The number of anilines is 1. The molecule has 0 aromatic heterocycles. The van der Waals surface area contributed by atoms with Crippen LogP contribution in [0.2, 0.25) is 5.02 Å². The van der Waals surface area contributed by atoms with Gasteiger partial charge in [0, 0.05) is 0 Å². The number of carbonyl (C=O) groups excluding carboxylic acids is 1. The lowest BCUT2D eigenvalue weighted by atomic mass is 10.0. The van der Waals surface area contributed by atoms with E-state index in [1.54, 1.807) is 13.0 Å². The summed E-state index contributed by atoms with van der Waals surface area (Å²) in [6.07, 6.45) is -4.84. The van der Waals surface area contributed by atoms with E-state index in [9.17, 15) is 18.0 Å². The van der Waals surface area contributed by atoms with Crippen molar-refractivity contribution in [3.63, 3.8) is 0 Å². The van der Waals surface area contributed by atoms with Gasteiger partial charge in [-0.2, -0.15) is 13.2 Å². The van der Waals surface area contributed by atoms with E-state index in [0.29, 0.717) is 6.92 Å². The van der Waals surface area contributed by atoms with E-state index in [1.807, 2.05) is 0 Å². The monoisotopic (exact) mass is 280 g/mol. The molecule has 1 aromatic rings. The molecule has 18 heavy (non-hydrogen) atoms. The lowest BCUT2D eigenvalue weighted by Gasteiger charge is -2.26. The van der Waals surface area contributed by atoms with Gasteiger partial charge in [0.15, 0.2) is 5.54 Å². The van der Waals surface area contributed by atoms with E-state index in [-0.39, 0.29) is 10.7 Å². The Morgan fingerprint density at radius 1 is 1.39 bits per heavy atom. The van der Waals surface area contributed by atoms with Crippen LogP contribution in [0.4, 0.5) is 18.9 Å². The van der Waals surface area contributed by atoms with Gasteiger partial charge < -0.3 is 11.1 Å². The van der Waals surface area contributed by atoms with Crippen LogP contribution in [0, 0.1) is 6.92 Å². The largest absolute Gasteiger partial charge is 0.415 e. The van der Waals surface area contributed by atoms with Crippen molar-refractivity contribution < 1.29 is 18.0 Å². The van der Waals surface area contributed by atoms with Gasteiger partial charge in [-0.3, -0.25) is 4.79 Å². The van der Waals surface area contributed by atoms with Crippen LogP contribution in [0.15, 0.2) is 18.2 Å². The average Bonchev–Trinajstić information content (AvgIpc) is 2.20. The molecule has 1 amide bonds. The summed E-state index contributed by atoms with van der Waals surface area (Å²) in [4.78, 5) is 11.5. The van der Waals surface area contributed by atoms with Crippen molar-refractivity contribution in [2.45, 2.75) is 25.6 Å². The fourth-order valence-corrected chi connectivity index (χ4v) is 1.38. The first-order valence-electron chi connectivity index (χ1n) is 4.99. The second-order valence-electron chi connectivity index (χ2n) is 4.14. The molecule has 3 nitrogen and oxygen atoms in total. The second kappa shape index (κ2) is 4.78. The molecule has 3 N–H and O–H groups in total. The van der Waals surface area contributed by atoms with Gasteiger partial charge in [-0.1, -0.05) is 17.7 Å². The number of rotatable bonds is 2. The van der Waals surface area contributed by atoms with Gasteiger partial charge in [-0.25, -0.2) is 0 Å². The normalized spacial score (nSPS) is 15.1. The molecule has 0 saturated heterocycles. The number of alkyl halides is 3. The third-order valence-corrected chi connectivity index (χ3v) is 2.75. The van der Waals surface area contributed by atoms with Gasteiger partial charge in [-0.15, -0.1) is 0 Å². The highest BCUT2D eigenvalue weighted by Crippen LogP contribution is 2.30. The highest BCUT2D eigenvalue weighted by Gasteiger charge is 2.54. The van der Waals surface area contributed by atoms with Gasteiger partial charge in [-0.05, 0) is 31.5 Å². The third-order valence-electron chi connectivity index (χ3n) is 2.43. The topological polar surface area (TPSA) is 55.1 Å². The van der Waals surface area contributed by atoms with Crippen molar-refractivity contribution in [1.29, 1.82) is 0 Å². The summed E-state index contributed by atoms with van der Waals surface area (Å²) in [7, 11) is 0. The molecule has 1 unspecified atom stereocenters. The number of benzene rings is 1. The van der Waals surface area contributed by atoms with Crippen LogP contribution >= 0.6 is 11.6 Å². The minimum Gasteiger partial charge on any atom is -0.323 e. The molecule has 0 spiro atoms. The molecule has 0 fully saturated rings. The molecule has 0 aliphatic heterocycles. The maximum atomic E-state index is 12.5. The Bertz CT molecular complexity index is 472. The number of halogens is 4. The molecule has 0 bridgehead atoms. The summed E-state index contributed by atoms with van der Waals surface area (Å²) in [5.74, 6) is -1.36. The number of amides is 1. The highest BCUT2D eigenvalue weighted by molar-refractivity contribution is 6.33. The molecule has 1 rings (SSSR count). The Kier molecular flexibility index (Phi) is 3.92. The maximum Gasteiger partial charge on any atom is 0.415 e. The summed E-state index contributed by atoms with van der Waals surface area (Å²) < 4.78 is 37.6. The molecule has 100 valence electrons. The molecule has 0 aliphatic carbocycles. The molecule has 1 aromatic carbocycles. The number of nitrogens with two attached hydrogens (primary N) is 1. The Morgan fingerprint density at radius 3 is 2.39 bits per heavy atom. The van der Waals surface area contributed by atoms with Crippen molar-refractivity contribution in [2.24, 2.45) is 5.73 Å². The van der Waals surface area contributed by atoms with Crippen molar-refractivity contribution in [1.82, 2.24) is 0 Å². The van der Waals surface area contributed by atoms with E-state index in [2.05, 4.69) is 5.32 Å². The first kappa shape index (κ1) is 14.8. The van der Waals surface area contributed by atoms with Gasteiger partial charge in [0.2, 0.25) is 0 Å². The molecular weight excluding hydrogens is 269 g/mol. The molecule has 0 heterocycles. The second-order valence-corrected chi connectivity index (χ2v) is 4.54. The minimum absolute atomic E-state index is 0.0909. The van der Waals surface area contributed by atoms with Crippen molar-refractivity contribution in [3.05, 3.63) is 28.8 Å².